The number of carbonyl (C=O) groups is 1. The Balaban J connectivity index is 1.37. The van der Waals surface area contributed by atoms with Crippen LogP contribution < -0.4 is 16.8 Å². The van der Waals surface area contributed by atoms with Crippen molar-refractivity contribution in [2.45, 2.75) is 14.7 Å². The first kappa shape index (κ1) is 43.2. The lowest BCUT2D eigenvalue weighted by Crippen LogP contribution is -2.04. The molecule has 0 saturated heterocycles. The minimum Gasteiger partial charge on any atom is -0.506 e. The largest absolute Gasteiger partial charge is 0.506 e. The number of azo groups is 3. The van der Waals surface area contributed by atoms with Gasteiger partial charge in [-0.05, 0) is 96.4 Å². The first-order valence-electron chi connectivity index (χ1n) is 16.7. The fraction of sp³-hybridized carbons (Fsp3) is 0.0278. The Morgan fingerprint density at radius 3 is 1.70 bits per heavy atom. The Kier molecular flexibility index (Phi) is 11.8. The molecular weight excluding hydrogens is 863 g/mol. The molecule has 0 aliphatic carbocycles. The topological polar surface area (TPSA) is 368 Å². The van der Waals surface area contributed by atoms with Crippen LogP contribution in [0, 0.1) is 0 Å². The van der Waals surface area contributed by atoms with Crippen LogP contribution in [0.1, 0.15) is 10.4 Å². The summed E-state index contributed by atoms with van der Waals surface area (Å²) in [5, 5.41) is 46.4. The molecule has 0 radical (unpaired) electrons. The molecule has 6 aromatic rings. The predicted molar refractivity (Wildman–Crippen MR) is 218 cm³/mol. The van der Waals surface area contributed by atoms with Gasteiger partial charge in [-0.1, -0.05) is 0 Å². The summed E-state index contributed by atoms with van der Waals surface area (Å²) >= 11 is 0. The third kappa shape index (κ3) is 9.73. The number of nitrogens with one attached hydrogen (secondary N) is 1. The van der Waals surface area contributed by atoms with E-state index in [1.807, 2.05) is 0 Å². The van der Waals surface area contributed by atoms with E-state index in [9.17, 15) is 53.9 Å². The van der Waals surface area contributed by atoms with Crippen LogP contribution >= 0.6 is 0 Å². The van der Waals surface area contributed by atoms with Gasteiger partial charge >= 0.3 is 5.97 Å². The van der Waals surface area contributed by atoms with E-state index in [-0.39, 0.29) is 34.1 Å². The number of ether oxygens (including phenoxy) is 1. The maximum absolute atomic E-state index is 12.6. The molecule has 25 heteroatoms. The van der Waals surface area contributed by atoms with Crippen molar-refractivity contribution in [3.8, 4) is 11.5 Å². The molecule has 0 bridgehead atoms. The van der Waals surface area contributed by atoms with Crippen molar-refractivity contribution in [2.75, 3.05) is 23.9 Å². The number of nitrogens with two attached hydrogens (primary N) is 2. The number of nitrogens with zero attached hydrogens (tertiary/aromatic N) is 6. The second-order valence-electron chi connectivity index (χ2n) is 12.5. The summed E-state index contributed by atoms with van der Waals surface area (Å²) in [4.78, 5) is 8.95. The highest BCUT2D eigenvalue weighted by molar-refractivity contribution is 7.86. The lowest BCUT2D eigenvalue weighted by Gasteiger charge is -2.14. The summed E-state index contributed by atoms with van der Waals surface area (Å²) in [6, 6.07) is 20.2. The molecule has 0 aromatic heterocycles. The van der Waals surface area contributed by atoms with Crippen LogP contribution in [0.25, 0.3) is 10.8 Å². The Morgan fingerprint density at radius 1 is 0.607 bits per heavy atom. The van der Waals surface area contributed by atoms with Gasteiger partial charge in [0.1, 0.15) is 37.5 Å². The van der Waals surface area contributed by atoms with E-state index in [0.29, 0.717) is 29.2 Å². The second-order valence-corrected chi connectivity index (χ2v) is 16.6. The first-order valence-corrected chi connectivity index (χ1v) is 21.0. The maximum Gasteiger partial charge on any atom is 0.337 e. The highest BCUT2D eigenvalue weighted by atomic mass is 32.2. The molecule has 61 heavy (non-hydrogen) atoms. The number of anilines is 4. The van der Waals surface area contributed by atoms with Crippen molar-refractivity contribution in [3.05, 3.63) is 103 Å². The SMILES string of the molecule is COC(=O)c1ccc(N=Nc2c(S(=O)(=O)O)cc3cc(S(=O)(=O)O)c(N=Nc4ccc(Nc5ccc(N=Nc6ccc(N)cc6O)cc5)c(S(=O)(=O)O)c4)c(N)c3c2O)cc1. The Morgan fingerprint density at radius 2 is 1.13 bits per heavy atom. The van der Waals surface area contributed by atoms with E-state index in [1.165, 1.54) is 86.0 Å². The Hall–Kier alpha value is -7.42. The number of rotatable bonds is 12. The minimum absolute atomic E-state index is 0.0391. The molecule has 0 atom stereocenters. The van der Waals surface area contributed by atoms with Crippen LogP contribution in [-0.4, -0.2) is 62.2 Å². The van der Waals surface area contributed by atoms with Gasteiger partial charge in [0.05, 0.1) is 46.5 Å². The molecule has 0 amide bonds. The van der Waals surface area contributed by atoms with Crippen LogP contribution in [0.2, 0.25) is 0 Å². The molecule has 6 rings (SSSR count). The van der Waals surface area contributed by atoms with Crippen molar-refractivity contribution >= 4 is 104 Å². The molecule has 314 valence electrons. The van der Waals surface area contributed by atoms with E-state index >= 15 is 0 Å². The molecular formula is C36H29N9O13S3. The van der Waals surface area contributed by atoms with E-state index in [2.05, 4.69) is 40.7 Å². The van der Waals surface area contributed by atoms with Crippen molar-refractivity contribution in [1.29, 1.82) is 0 Å². The Bertz CT molecular complexity index is 3180. The summed E-state index contributed by atoms with van der Waals surface area (Å²) in [5.74, 6) is -1.89. The third-order valence-corrected chi connectivity index (χ3v) is 11.0. The summed E-state index contributed by atoms with van der Waals surface area (Å²) in [6.07, 6.45) is 0. The second kappa shape index (κ2) is 16.7. The normalized spacial score (nSPS) is 12.5. The smallest absolute Gasteiger partial charge is 0.337 e. The number of methoxy groups -OCH3 is 1. The molecule has 6 aromatic carbocycles. The number of hydrogen-bond donors (Lipinski definition) is 8. The fourth-order valence-corrected chi connectivity index (χ4v) is 7.49. The Labute approximate surface area is 344 Å². The molecule has 0 aliphatic rings. The van der Waals surface area contributed by atoms with Crippen LogP contribution in [0.4, 0.5) is 56.9 Å². The van der Waals surface area contributed by atoms with E-state index < -0.39 is 84.6 Å². The van der Waals surface area contributed by atoms with Gasteiger partial charge in [-0.2, -0.15) is 40.6 Å². The molecule has 22 nitrogen and oxygen atoms in total. The lowest BCUT2D eigenvalue weighted by atomic mass is 10.1. The minimum atomic E-state index is -5.25. The summed E-state index contributed by atoms with van der Waals surface area (Å²) < 4.78 is 110. The molecule has 0 aliphatic heterocycles. The maximum atomic E-state index is 12.6. The molecule has 0 heterocycles. The average Bonchev–Trinajstić information content (AvgIpc) is 3.19. The van der Waals surface area contributed by atoms with Crippen LogP contribution in [0.3, 0.4) is 0 Å². The van der Waals surface area contributed by atoms with Crippen molar-refractivity contribution in [2.24, 2.45) is 30.7 Å². The standard InChI is InChI=1S/C36H29N9O13S3/c1-58-36(48)18-2-5-22(6-3-18)41-45-34-30(61(55,56)57)15-19-14-29(60(52,53)54)33(32(38)31(19)35(34)47)44-42-24-11-13-26(28(17-24)59(49,50)51)39-21-7-9-23(10-8-21)40-43-25-12-4-20(37)16-27(25)46/h2-17,39,46-47H,37-38H2,1H3,(H,49,50,51)(H,52,53,54)(H,55,56,57). The van der Waals surface area contributed by atoms with Gasteiger partial charge in [-0.25, -0.2) is 4.79 Å². The van der Waals surface area contributed by atoms with Crippen LogP contribution in [-0.2, 0) is 35.1 Å². The summed E-state index contributed by atoms with van der Waals surface area (Å²) in [6.45, 7) is 0. The zero-order chi connectivity index (χ0) is 44.4. The number of phenolic OH excluding ortho intramolecular Hbond substituents is 2. The van der Waals surface area contributed by atoms with Gasteiger partial charge in [-0.15, -0.1) is 15.3 Å². The molecule has 0 fully saturated rings. The van der Waals surface area contributed by atoms with Crippen molar-refractivity contribution < 1.29 is 58.7 Å². The number of fused-ring (bicyclic) bond motifs is 1. The molecule has 0 spiro atoms. The van der Waals surface area contributed by atoms with E-state index in [1.54, 1.807) is 0 Å². The molecule has 0 saturated carbocycles. The monoisotopic (exact) mass is 891 g/mol. The number of nitrogen functional groups attached to an aromatic ring is 2. The highest BCUT2D eigenvalue weighted by Gasteiger charge is 2.28. The zero-order valence-corrected chi connectivity index (χ0v) is 33.3. The first-order chi connectivity index (χ1) is 28.6. The van der Waals surface area contributed by atoms with Gasteiger partial charge in [0, 0.05) is 17.4 Å². The number of esters is 1. The van der Waals surface area contributed by atoms with Gasteiger partial charge in [-0.3, -0.25) is 13.7 Å². The lowest BCUT2D eigenvalue weighted by molar-refractivity contribution is 0.0600. The van der Waals surface area contributed by atoms with Crippen LogP contribution in [0.15, 0.2) is 142 Å². The highest BCUT2D eigenvalue weighted by Crippen LogP contribution is 2.48. The summed E-state index contributed by atoms with van der Waals surface area (Å²) in [7, 11) is -14.3. The molecule has 10 N–H and O–H groups in total. The van der Waals surface area contributed by atoms with Crippen LogP contribution in [0.5, 0.6) is 11.5 Å². The third-order valence-electron chi connectivity index (χ3n) is 8.35. The number of benzene rings is 6. The average molecular weight is 892 g/mol. The van der Waals surface area contributed by atoms with Crippen molar-refractivity contribution in [3.63, 3.8) is 0 Å². The van der Waals surface area contributed by atoms with Gasteiger partial charge in [0.15, 0.2) is 5.75 Å². The fourth-order valence-electron chi connectivity index (χ4n) is 5.50. The van der Waals surface area contributed by atoms with Crippen molar-refractivity contribution in [1.82, 2.24) is 0 Å². The molecule has 0 unspecified atom stereocenters. The van der Waals surface area contributed by atoms with E-state index in [4.69, 9.17) is 11.5 Å². The number of aromatic hydroxyl groups is 2. The van der Waals surface area contributed by atoms with Gasteiger partial charge < -0.3 is 31.7 Å². The van der Waals surface area contributed by atoms with Gasteiger partial charge in [0.25, 0.3) is 30.4 Å². The van der Waals surface area contributed by atoms with Gasteiger partial charge in [0.2, 0.25) is 0 Å². The summed E-state index contributed by atoms with van der Waals surface area (Å²) in [5.41, 5.74) is 10.4. The number of phenols is 2. The quantitative estimate of drug-likeness (QED) is 0.0250. The zero-order valence-electron chi connectivity index (χ0n) is 30.8. The number of hydrogen-bond acceptors (Lipinski definition) is 19. The number of carbonyl (C=O) groups excluding carboxylic acids is 1. The van der Waals surface area contributed by atoms with E-state index in [0.717, 1.165) is 6.07 Å². The predicted octanol–water partition coefficient (Wildman–Crippen LogP) is 7.93.